The Labute approximate surface area is 127 Å². The highest BCUT2D eigenvalue weighted by molar-refractivity contribution is 5.25. The van der Waals surface area contributed by atoms with Crippen molar-refractivity contribution in [3.05, 3.63) is 17.2 Å². The molecule has 1 aromatic rings. The van der Waals surface area contributed by atoms with E-state index in [1.807, 2.05) is 0 Å². The van der Waals surface area contributed by atoms with E-state index in [0.717, 1.165) is 45.6 Å². The molecule has 1 aliphatic carbocycles. The van der Waals surface area contributed by atoms with Gasteiger partial charge >= 0.3 is 0 Å². The number of hydrogen-bond donors (Lipinski definition) is 1. The average molecular weight is 289 g/mol. The van der Waals surface area contributed by atoms with Gasteiger partial charge in [-0.05, 0) is 32.6 Å². The molecule has 3 heterocycles. The van der Waals surface area contributed by atoms with Crippen LogP contribution in [0.2, 0.25) is 0 Å². The SMILES string of the molecule is CC1(n2c(C3CCCC3)nc3c2CCNC3)CCOCC1. The van der Waals surface area contributed by atoms with Crippen molar-refractivity contribution >= 4 is 0 Å². The highest BCUT2D eigenvalue weighted by Crippen LogP contribution is 2.40. The van der Waals surface area contributed by atoms with Crippen LogP contribution in [0.1, 0.15) is 68.6 Å². The summed E-state index contributed by atoms with van der Waals surface area (Å²) < 4.78 is 8.29. The lowest BCUT2D eigenvalue weighted by atomic mass is 9.90. The first-order valence-electron chi connectivity index (χ1n) is 8.67. The van der Waals surface area contributed by atoms with Gasteiger partial charge in [-0.1, -0.05) is 12.8 Å². The number of aromatic nitrogens is 2. The molecule has 2 aliphatic heterocycles. The molecule has 1 saturated heterocycles. The van der Waals surface area contributed by atoms with Crippen molar-refractivity contribution in [2.45, 2.75) is 69.9 Å². The zero-order chi connectivity index (χ0) is 14.3. The lowest BCUT2D eigenvalue weighted by molar-refractivity contribution is 0.0266. The molecule has 0 radical (unpaired) electrons. The van der Waals surface area contributed by atoms with Gasteiger partial charge in [0, 0.05) is 49.9 Å². The largest absolute Gasteiger partial charge is 0.381 e. The molecule has 1 aromatic heterocycles. The van der Waals surface area contributed by atoms with Crippen LogP contribution >= 0.6 is 0 Å². The molecule has 4 rings (SSSR count). The Morgan fingerprint density at radius 2 is 2.00 bits per heavy atom. The third kappa shape index (κ3) is 2.33. The molecule has 0 amide bonds. The summed E-state index contributed by atoms with van der Waals surface area (Å²) in [5.74, 6) is 2.08. The summed E-state index contributed by atoms with van der Waals surface area (Å²) in [5, 5.41) is 3.49. The Balaban J connectivity index is 1.80. The van der Waals surface area contributed by atoms with Crippen molar-refractivity contribution in [1.82, 2.24) is 14.9 Å². The second kappa shape index (κ2) is 5.40. The van der Waals surface area contributed by atoms with E-state index in [-0.39, 0.29) is 5.54 Å². The van der Waals surface area contributed by atoms with Crippen LogP contribution in [0, 0.1) is 0 Å². The lowest BCUT2D eigenvalue weighted by Gasteiger charge is -2.39. The Morgan fingerprint density at radius 3 is 2.76 bits per heavy atom. The number of imidazole rings is 1. The fraction of sp³-hybridized carbons (Fsp3) is 0.824. The molecule has 0 unspecified atom stereocenters. The smallest absolute Gasteiger partial charge is 0.112 e. The Kier molecular flexibility index (Phi) is 3.54. The molecule has 4 heteroatoms. The maximum Gasteiger partial charge on any atom is 0.112 e. The molecular formula is C17H27N3O. The van der Waals surface area contributed by atoms with Gasteiger partial charge in [-0.2, -0.15) is 0 Å². The fourth-order valence-corrected chi connectivity index (χ4v) is 4.43. The van der Waals surface area contributed by atoms with E-state index < -0.39 is 0 Å². The minimum atomic E-state index is 0.216. The zero-order valence-corrected chi connectivity index (χ0v) is 13.2. The topological polar surface area (TPSA) is 39.1 Å². The standard InChI is InChI=1S/C17H27N3O/c1-17(7-10-21-11-8-17)20-15-6-9-18-12-14(15)19-16(20)13-4-2-3-5-13/h13,18H,2-12H2,1H3. The van der Waals surface area contributed by atoms with Crippen LogP contribution in [0.25, 0.3) is 0 Å². The number of rotatable bonds is 2. The number of fused-ring (bicyclic) bond motifs is 1. The third-order valence-corrected chi connectivity index (χ3v) is 5.74. The third-order valence-electron chi connectivity index (χ3n) is 5.74. The number of hydrogen-bond acceptors (Lipinski definition) is 3. The van der Waals surface area contributed by atoms with Gasteiger partial charge in [0.2, 0.25) is 0 Å². The monoisotopic (exact) mass is 289 g/mol. The average Bonchev–Trinajstić information content (AvgIpc) is 3.15. The molecule has 116 valence electrons. The van der Waals surface area contributed by atoms with Crippen molar-refractivity contribution in [3.63, 3.8) is 0 Å². The van der Waals surface area contributed by atoms with Gasteiger partial charge in [0.15, 0.2) is 0 Å². The molecule has 21 heavy (non-hydrogen) atoms. The summed E-state index contributed by atoms with van der Waals surface area (Å²) in [7, 11) is 0. The summed E-state index contributed by atoms with van der Waals surface area (Å²) >= 11 is 0. The number of nitrogens with one attached hydrogen (secondary N) is 1. The van der Waals surface area contributed by atoms with Crippen molar-refractivity contribution in [2.75, 3.05) is 19.8 Å². The Hall–Kier alpha value is -0.870. The van der Waals surface area contributed by atoms with Gasteiger partial charge < -0.3 is 14.6 Å². The van der Waals surface area contributed by atoms with Crippen LogP contribution in [0.3, 0.4) is 0 Å². The minimum absolute atomic E-state index is 0.216. The lowest BCUT2D eigenvalue weighted by Crippen LogP contribution is -2.40. The molecular weight excluding hydrogens is 262 g/mol. The molecule has 1 saturated carbocycles. The molecule has 0 spiro atoms. The van der Waals surface area contributed by atoms with Crippen LogP contribution in [-0.2, 0) is 23.2 Å². The zero-order valence-electron chi connectivity index (χ0n) is 13.2. The van der Waals surface area contributed by atoms with E-state index in [4.69, 9.17) is 9.72 Å². The predicted molar refractivity (Wildman–Crippen MR) is 82.5 cm³/mol. The first-order valence-corrected chi connectivity index (χ1v) is 8.67. The Morgan fingerprint density at radius 1 is 1.24 bits per heavy atom. The predicted octanol–water partition coefficient (Wildman–Crippen LogP) is 2.71. The Bertz CT molecular complexity index is 510. The molecule has 4 nitrogen and oxygen atoms in total. The van der Waals surface area contributed by atoms with E-state index in [9.17, 15) is 0 Å². The maximum atomic E-state index is 5.63. The molecule has 0 atom stereocenters. The van der Waals surface area contributed by atoms with E-state index in [1.165, 1.54) is 42.9 Å². The normalized spacial score (nSPS) is 26.0. The maximum absolute atomic E-state index is 5.63. The second-order valence-electron chi connectivity index (χ2n) is 7.22. The summed E-state index contributed by atoms with van der Waals surface area (Å²) in [6, 6.07) is 0. The molecule has 2 fully saturated rings. The van der Waals surface area contributed by atoms with Crippen LogP contribution in [0.5, 0.6) is 0 Å². The van der Waals surface area contributed by atoms with Gasteiger partial charge in [0.25, 0.3) is 0 Å². The summed E-state index contributed by atoms with van der Waals surface area (Å²) in [6.45, 7) is 6.26. The number of ether oxygens (including phenoxy) is 1. The van der Waals surface area contributed by atoms with Crippen LogP contribution < -0.4 is 5.32 Å². The highest BCUT2D eigenvalue weighted by Gasteiger charge is 2.37. The van der Waals surface area contributed by atoms with Crippen molar-refractivity contribution < 1.29 is 4.74 Å². The van der Waals surface area contributed by atoms with Crippen molar-refractivity contribution in [3.8, 4) is 0 Å². The highest BCUT2D eigenvalue weighted by atomic mass is 16.5. The molecule has 0 aromatic carbocycles. The van der Waals surface area contributed by atoms with Gasteiger partial charge in [0.05, 0.1) is 5.69 Å². The summed E-state index contributed by atoms with van der Waals surface area (Å²) in [5.41, 5.74) is 3.05. The van der Waals surface area contributed by atoms with Crippen LogP contribution in [-0.4, -0.2) is 29.3 Å². The van der Waals surface area contributed by atoms with E-state index >= 15 is 0 Å². The molecule has 1 N–H and O–H groups in total. The van der Waals surface area contributed by atoms with Gasteiger partial charge in [-0.25, -0.2) is 4.98 Å². The molecule has 0 bridgehead atoms. The summed E-state index contributed by atoms with van der Waals surface area (Å²) in [4.78, 5) is 5.11. The van der Waals surface area contributed by atoms with Crippen LogP contribution in [0.15, 0.2) is 0 Å². The van der Waals surface area contributed by atoms with Crippen LogP contribution in [0.4, 0.5) is 0 Å². The summed E-state index contributed by atoms with van der Waals surface area (Å²) in [6.07, 6.45) is 8.80. The van der Waals surface area contributed by atoms with E-state index in [1.54, 1.807) is 0 Å². The van der Waals surface area contributed by atoms with Gasteiger partial charge in [-0.3, -0.25) is 0 Å². The number of nitrogens with zero attached hydrogens (tertiary/aromatic N) is 2. The van der Waals surface area contributed by atoms with Gasteiger partial charge in [-0.15, -0.1) is 0 Å². The van der Waals surface area contributed by atoms with E-state index in [2.05, 4.69) is 16.8 Å². The first kappa shape index (κ1) is 13.8. The quantitative estimate of drug-likeness (QED) is 0.910. The minimum Gasteiger partial charge on any atom is -0.381 e. The molecule has 3 aliphatic rings. The van der Waals surface area contributed by atoms with Crippen molar-refractivity contribution in [2.24, 2.45) is 0 Å². The fourth-order valence-electron chi connectivity index (χ4n) is 4.43. The second-order valence-corrected chi connectivity index (χ2v) is 7.22. The first-order chi connectivity index (χ1) is 10.3. The van der Waals surface area contributed by atoms with E-state index in [0.29, 0.717) is 5.92 Å². The van der Waals surface area contributed by atoms with Gasteiger partial charge in [0.1, 0.15) is 5.82 Å². The van der Waals surface area contributed by atoms with Crippen molar-refractivity contribution in [1.29, 1.82) is 0 Å².